The second-order valence-corrected chi connectivity index (χ2v) is 6.90. The number of rotatable bonds is 4. The molecule has 2 fully saturated rings. The van der Waals surface area contributed by atoms with E-state index in [9.17, 15) is 0 Å². The van der Waals surface area contributed by atoms with E-state index in [0.717, 1.165) is 37.6 Å². The van der Waals surface area contributed by atoms with Crippen molar-refractivity contribution in [2.45, 2.75) is 25.3 Å². The van der Waals surface area contributed by atoms with Gasteiger partial charge in [0.2, 0.25) is 0 Å². The predicted molar refractivity (Wildman–Crippen MR) is 106 cm³/mol. The second kappa shape index (κ2) is 8.68. The van der Waals surface area contributed by atoms with Gasteiger partial charge >= 0.3 is 0 Å². The van der Waals surface area contributed by atoms with Gasteiger partial charge in [-0.2, -0.15) is 0 Å². The van der Waals surface area contributed by atoms with Crippen LogP contribution in [0.1, 0.15) is 30.9 Å². The molecule has 1 atom stereocenters. The number of hydrogen-bond acceptors (Lipinski definition) is 3. The summed E-state index contributed by atoms with van der Waals surface area (Å²) in [7, 11) is 0. The number of piperazine rings is 1. The van der Waals surface area contributed by atoms with Gasteiger partial charge in [-0.25, -0.2) is 4.98 Å². The molecule has 6 heteroatoms. The zero-order valence-corrected chi connectivity index (χ0v) is 16.0. The van der Waals surface area contributed by atoms with E-state index in [0.29, 0.717) is 11.2 Å². The summed E-state index contributed by atoms with van der Waals surface area (Å²) in [5.41, 5.74) is 2.20. The van der Waals surface area contributed by atoms with Crippen LogP contribution in [0, 0.1) is 5.92 Å². The molecule has 4 rings (SSSR count). The second-order valence-electron chi connectivity index (χ2n) is 6.54. The van der Waals surface area contributed by atoms with E-state index in [1.165, 1.54) is 30.2 Å². The van der Waals surface area contributed by atoms with Gasteiger partial charge in [0.15, 0.2) is 0 Å². The highest BCUT2D eigenvalue weighted by molar-refractivity contribution is 6.30. The Morgan fingerprint density at radius 2 is 1.88 bits per heavy atom. The summed E-state index contributed by atoms with van der Waals surface area (Å²) < 4.78 is 0. The number of fused-ring (bicyclic) bond motifs is 1. The number of hydrogen-bond donors (Lipinski definition) is 1. The number of para-hydroxylation sites is 1. The van der Waals surface area contributed by atoms with Gasteiger partial charge in [-0.15, -0.1) is 24.8 Å². The fourth-order valence-electron chi connectivity index (χ4n) is 3.48. The van der Waals surface area contributed by atoms with E-state index in [-0.39, 0.29) is 24.8 Å². The third-order valence-corrected chi connectivity index (χ3v) is 5.21. The Bertz CT molecular complexity index is 670. The quantitative estimate of drug-likeness (QED) is 0.783. The van der Waals surface area contributed by atoms with Gasteiger partial charge in [0, 0.05) is 43.2 Å². The van der Waals surface area contributed by atoms with Crippen molar-refractivity contribution in [3.8, 4) is 0 Å². The van der Waals surface area contributed by atoms with Crippen LogP contribution in [-0.2, 0) is 0 Å². The third-order valence-electron chi connectivity index (χ3n) is 4.91. The molecule has 132 valence electrons. The first kappa shape index (κ1) is 19.7. The van der Waals surface area contributed by atoms with Crippen molar-refractivity contribution in [1.82, 2.24) is 15.2 Å². The zero-order valence-electron chi connectivity index (χ0n) is 13.6. The highest BCUT2D eigenvalue weighted by Gasteiger charge is 2.31. The average Bonchev–Trinajstić information content (AvgIpc) is 3.37. The number of pyridine rings is 1. The van der Waals surface area contributed by atoms with Gasteiger partial charge in [0.05, 0.1) is 5.52 Å². The molecule has 1 aromatic heterocycles. The van der Waals surface area contributed by atoms with Crippen LogP contribution in [0.4, 0.5) is 0 Å². The molecular weight excluding hydrogens is 365 g/mol. The maximum Gasteiger partial charge on any atom is 0.134 e. The zero-order chi connectivity index (χ0) is 14.9. The monoisotopic (exact) mass is 387 g/mol. The Morgan fingerprint density at radius 3 is 2.58 bits per heavy atom. The lowest BCUT2D eigenvalue weighted by Gasteiger charge is -2.35. The van der Waals surface area contributed by atoms with Crippen molar-refractivity contribution in [2.75, 3.05) is 26.2 Å². The van der Waals surface area contributed by atoms with E-state index in [1.54, 1.807) is 0 Å². The topological polar surface area (TPSA) is 28.2 Å². The summed E-state index contributed by atoms with van der Waals surface area (Å²) in [5.74, 6) is 0.877. The minimum Gasteiger partial charge on any atom is -0.314 e. The smallest absolute Gasteiger partial charge is 0.134 e. The number of aromatic nitrogens is 1. The highest BCUT2D eigenvalue weighted by Crippen LogP contribution is 2.42. The van der Waals surface area contributed by atoms with Crippen molar-refractivity contribution < 1.29 is 0 Å². The summed E-state index contributed by atoms with van der Waals surface area (Å²) >= 11 is 6.57. The largest absolute Gasteiger partial charge is 0.314 e. The highest BCUT2D eigenvalue weighted by atomic mass is 35.5. The van der Waals surface area contributed by atoms with Crippen LogP contribution in [0.3, 0.4) is 0 Å². The minimum absolute atomic E-state index is 0. The summed E-state index contributed by atoms with van der Waals surface area (Å²) in [4.78, 5) is 7.23. The third kappa shape index (κ3) is 4.33. The summed E-state index contributed by atoms with van der Waals surface area (Å²) in [6, 6.07) is 10.9. The van der Waals surface area contributed by atoms with Crippen molar-refractivity contribution in [2.24, 2.45) is 5.92 Å². The lowest BCUT2D eigenvalue weighted by molar-refractivity contribution is 0.160. The number of halogens is 3. The van der Waals surface area contributed by atoms with Crippen LogP contribution in [0.5, 0.6) is 0 Å². The maximum atomic E-state index is 6.57. The standard InChI is InChI=1S/C18H22ClN3.2ClH/c19-18-15(12-14-3-1-2-4-16(14)21-18)17(11-13-5-6-13)22-9-7-20-8-10-22;;/h1-4,12-13,17,20H,5-11H2;2*1H/t17-;;/m1../s1. The Hall–Kier alpha value is -0.580. The Kier molecular flexibility index (Phi) is 7.14. The molecule has 2 heterocycles. The molecule has 0 spiro atoms. The summed E-state index contributed by atoms with van der Waals surface area (Å²) in [5, 5.41) is 5.32. The van der Waals surface area contributed by atoms with Crippen LogP contribution in [-0.4, -0.2) is 36.1 Å². The van der Waals surface area contributed by atoms with Crippen LogP contribution in [0.25, 0.3) is 10.9 Å². The molecule has 24 heavy (non-hydrogen) atoms. The van der Waals surface area contributed by atoms with Crippen molar-refractivity contribution in [1.29, 1.82) is 0 Å². The lowest BCUT2D eigenvalue weighted by atomic mass is 9.98. The van der Waals surface area contributed by atoms with Crippen molar-refractivity contribution in [3.63, 3.8) is 0 Å². The maximum absolute atomic E-state index is 6.57. The average molecular weight is 389 g/mol. The molecule has 2 aromatic rings. The fraction of sp³-hybridized carbons (Fsp3) is 0.500. The SMILES string of the molecule is Cl.Cl.Clc1nc2ccccc2cc1[C@@H](CC1CC1)N1CCNCC1. The molecule has 0 amide bonds. The van der Waals surface area contributed by atoms with Crippen LogP contribution in [0.2, 0.25) is 5.15 Å². The molecule has 3 nitrogen and oxygen atoms in total. The Balaban J connectivity index is 0.00000104. The molecule has 0 unspecified atom stereocenters. The molecule has 1 aliphatic heterocycles. The van der Waals surface area contributed by atoms with Crippen molar-refractivity contribution in [3.05, 3.63) is 41.0 Å². The van der Waals surface area contributed by atoms with Crippen LogP contribution < -0.4 is 5.32 Å². The molecule has 1 aromatic carbocycles. The number of benzene rings is 1. The predicted octanol–water partition coefficient (Wildman–Crippen LogP) is 4.48. The van der Waals surface area contributed by atoms with Gasteiger partial charge in [-0.3, -0.25) is 4.90 Å². The van der Waals surface area contributed by atoms with E-state index in [4.69, 9.17) is 11.6 Å². The molecule has 1 N–H and O–H groups in total. The number of nitrogens with one attached hydrogen (secondary N) is 1. The van der Waals surface area contributed by atoms with E-state index in [1.807, 2.05) is 12.1 Å². The Labute approximate surface area is 161 Å². The first-order valence-electron chi connectivity index (χ1n) is 8.31. The first-order valence-corrected chi connectivity index (χ1v) is 8.69. The van der Waals surface area contributed by atoms with Gasteiger partial charge < -0.3 is 5.32 Å². The Morgan fingerprint density at radius 1 is 1.17 bits per heavy atom. The van der Waals surface area contributed by atoms with Gasteiger partial charge in [-0.1, -0.05) is 42.6 Å². The molecule has 1 saturated carbocycles. The summed E-state index contributed by atoms with van der Waals surface area (Å²) in [6.07, 6.45) is 3.97. The normalized spacial score (nSPS) is 19.4. The van der Waals surface area contributed by atoms with Gasteiger partial charge in [-0.05, 0) is 24.5 Å². The van der Waals surface area contributed by atoms with E-state index < -0.39 is 0 Å². The minimum atomic E-state index is 0. The number of nitrogens with zero attached hydrogens (tertiary/aromatic N) is 2. The van der Waals surface area contributed by atoms with Crippen molar-refractivity contribution >= 4 is 47.3 Å². The first-order chi connectivity index (χ1) is 10.8. The van der Waals surface area contributed by atoms with Gasteiger partial charge in [0.1, 0.15) is 5.15 Å². The molecule has 0 bridgehead atoms. The molecular formula is C18H24Cl3N3. The van der Waals surface area contributed by atoms with Gasteiger partial charge in [0.25, 0.3) is 0 Å². The lowest BCUT2D eigenvalue weighted by Crippen LogP contribution is -2.45. The van der Waals surface area contributed by atoms with Crippen LogP contribution in [0.15, 0.2) is 30.3 Å². The molecule has 2 aliphatic rings. The fourth-order valence-corrected chi connectivity index (χ4v) is 3.75. The molecule has 1 saturated heterocycles. The summed E-state index contributed by atoms with van der Waals surface area (Å²) in [6.45, 7) is 4.33. The van der Waals surface area contributed by atoms with E-state index in [2.05, 4.69) is 33.4 Å². The molecule has 0 radical (unpaired) electrons. The van der Waals surface area contributed by atoms with Crippen LogP contribution >= 0.6 is 36.4 Å². The molecule has 1 aliphatic carbocycles. The van der Waals surface area contributed by atoms with E-state index >= 15 is 0 Å².